The standard InChI is InChI=1S/C44H32N6.Pt/c1-45-25-27-47(31-45)35-17-9-19-37(29-35)49(38-20-10-18-36(30-38)48-28-26-46(2)32-48)50-43-39(33-13-5-3-6-14-33)21-11-23-41(43)42-24-12-22-40(44(42)50)34-15-7-4-8-16-34;/h3-28H,1-2H3;/q-2;. The Hall–Kier alpha value is -5.97. The Balaban J connectivity index is 1.36. The van der Waals surface area contributed by atoms with Gasteiger partial charge in [-0.3, -0.25) is 0 Å². The summed E-state index contributed by atoms with van der Waals surface area (Å²) in [5.41, 5.74) is 10.7. The van der Waals surface area contributed by atoms with Crippen molar-refractivity contribution >= 4 is 52.8 Å². The molecule has 6 nitrogen and oxygen atoms in total. The second kappa shape index (κ2) is 11.8. The Morgan fingerprint density at radius 1 is 0.431 bits per heavy atom. The Morgan fingerprint density at radius 3 is 1.33 bits per heavy atom. The molecule has 0 saturated carbocycles. The number of benzene rings is 6. The van der Waals surface area contributed by atoms with Crippen LogP contribution in [-0.4, -0.2) is 36.9 Å². The molecule has 0 radical (unpaired) electrons. The van der Waals surface area contributed by atoms with Gasteiger partial charge in [-0.25, -0.2) is 0 Å². The SMILES string of the molecule is CN1C=CN2[C]1=[Pt]=[C]1N(C)C=CN1c1[c-]c(ccc1)N(n1c3c(-c4ccccc4)cccc3c3cccc(-c4ccccc4)c31)c1[c-]c2ccc1. The zero-order valence-electron chi connectivity index (χ0n) is 28.0. The van der Waals surface area contributed by atoms with E-state index in [2.05, 4.69) is 214 Å². The normalized spacial score (nSPS) is 15.3. The van der Waals surface area contributed by atoms with Crippen molar-refractivity contribution in [2.75, 3.05) is 28.9 Å². The fourth-order valence-corrected chi connectivity index (χ4v) is 10.3. The minimum atomic E-state index is -0.603. The molecule has 0 amide bonds. The molecule has 3 aliphatic rings. The maximum absolute atomic E-state index is 3.90. The molecule has 6 aromatic carbocycles. The molecular formula is C44H32N6Pt-2. The van der Waals surface area contributed by atoms with Gasteiger partial charge in [-0.05, 0) is 0 Å². The second-order valence-corrected chi connectivity index (χ2v) is 15.3. The van der Waals surface area contributed by atoms with Crippen molar-refractivity contribution < 1.29 is 17.6 Å². The third kappa shape index (κ3) is 4.74. The molecular weight excluding hydrogens is 808 g/mol. The van der Waals surface area contributed by atoms with Crippen molar-refractivity contribution in [3.05, 3.63) is 170 Å². The number of nitrogens with zero attached hydrogens (tertiary/aromatic N) is 6. The van der Waals surface area contributed by atoms with E-state index in [9.17, 15) is 0 Å². The Kier molecular flexibility index (Phi) is 6.93. The zero-order valence-corrected chi connectivity index (χ0v) is 30.3. The third-order valence-corrected chi connectivity index (χ3v) is 13.3. The van der Waals surface area contributed by atoms with Crippen LogP contribution in [0.2, 0.25) is 0 Å². The summed E-state index contributed by atoms with van der Waals surface area (Å²) >= 11 is -0.603. The molecule has 51 heavy (non-hydrogen) atoms. The van der Waals surface area contributed by atoms with Crippen LogP contribution in [0.4, 0.5) is 22.7 Å². The van der Waals surface area contributed by atoms with Crippen molar-refractivity contribution in [3.63, 3.8) is 0 Å². The van der Waals surface area contributed by atoms with E-state index in [4.69, 9.17) is 0 Å². The van der Waals surface area contributed by atoms with Gasteiger partial charge in [0.25, 0.3) is 0 Å². The average molecular weight is 840 g/mol. The first-order chi connectivity index (χ1) is 25.1. The predicted molar refractivity (Wildman–Crippen MR) is 207 cm³/mol. The van der Waals surface area contributed by atoms with E-state index in [1.54, 1.807) is 0 Å². The van der Waals surface area contributed by atoms with Gasteiger partial charge in [-0.15, -0.1) is 0 Å². The second-order valence-electron chi connectivity index (χ2n) is 12.7. The monoisotopic (exact) mass is 839 g/mol. The first-order valence-electron chi connectivity index (χ1n) is 16.9. The first kappa shape index (κ1) is 29.9. The van der Waals surface area contributed by atoms with E-state index in [1.165, 1.54) is 19.1 Å². The van der Waals surface area contributed by atoms with Crippen LogP contribution >= 0.6 is 0 Å². The van der Waals surface area contributed by atoms with Crippen molar-refractivity contribution in [1.82, 2.24) is 14.5 Å². The van der Waals surface area contributed by atoms with Gasteiger partial charge in [-0.2, -0.15) is 0 Å². The summed E-state index contributed by atoms with van der Waals surface area (Å²) in [6.07, 6.45) is 8.64. The molecule has 0 fully saturated rings. The van der Waals surface area contributed by atoms with E-state index in [0.717, 1.165) is 56.0 Å². The summed E-state index contributed by atoms with van der Waals surface area (Å²) in [6.45, 7) is 0. The maximum atomic E-state index is 3.90. The van der Waals surface area contributed by atoms with Crippen molar-refractivity contribution in [3.8, 4) is 22.3 Å². The van der Waals surface area contributed by atoms with Crippen LogP contribution < -0.4 is 14.8 Å². The summed E-state index contributed by atoms with van der Waals surface area (Å²) in [4.78, 5) is 9.12. The number of hydrogen-bond acceptors (Lipinski definition) is 5. The summed E-state index contributed by atoms with van der Waals surface area (Å²) < 4.78 is 4.94. The van der Waals surface area contributed by atoms with Crippen LogP contribution in [0.25, 0.3) is 44.1 Å². The molecule has 0 spiro atoms. The van der Waals surface area contributed by atoms with Crippen molar-refractivity contribution in [1.29, 1.82) is 0 Å². The van der Waals surface area contributed by atoms with Crippen LogP contribution in [-0.2, 0) is 17.6 Å². The molecule has 0 atom stereocenters. The third-order valence-electron chi connectivity index (χ3n) is 9.59. The number of fused-ring (bicyclic) bond motifs is 11. The van der Waals surface area contributed by atoms with Gasteiger partial charge in [0, 0.05) is 0 Å². The van der Waals surface area contributed by atoms with Crippen molar-refractivity contribution in [2.45, 2.75) is 0 Å². The molecule has 7 aromatic rings. The Morgan fingerprint density at radius 2 is 0.863 bits per heavy atom. The topological polar surface area (TPSA) is 21.1 Å². The van der Waals surface area contributed by atoms with Gasteiger partial charge in [0.15, 0.2) is 0 Å². The molecule has 4 bridgehead atoms. The molecule has 4 heterocycles. The molecule has 0 aliphatic carbocycles. The average Bonchev–Trinajstić information content (AvgIpc) is 3.85. The fourth-order valence-electron chi connectivity index (χ4n) is 7.25. The molecule has 10 rings (SSSR count). The molecule has 0 unspecified atom stereocenters. The van der Waals surface area contributed by atoms with Crippen molar-refractivity contribution in [2.24, 2.45) is 0 Å². The number of anilines is 4. The number of aromatic nitrogens is 1. The zero-order chi connectivity index (χ0) is 34.1. The number of rotatable bonds is 3. The van der Waals surface area contributed by atoms with Crippen LogP contribution in [0.15, 0.2) is 158 Å². The van der Waals surface area contributed by atoms with E-state index in [-0.39, 0.29) is 0 Å². The van der Waals surface area contributed by atoms with Crippen LogP contribution in [0.1, 0.15) is 0 Å². The molecule has 0 saturated heterocycles. The van der Waals surface area contributed by atoms with E-state index < -0.39 is 17.6 Å². The van der Waals surface area contributed by atoms with Gasteiger partial charge in [-0.1, -0.05) is 12.1 Å². The predicted octanol–water partition coefficient (Wildman–Crippen LogP) is 9.05. The van der Waals surface area contributed by atoms with Gasteiger partial charge in [0.05, 0.1) is 0 Å². The quantitative estimate of drug-likeness (QED) is 0.165. The van der Waals surface area contributed by atoms with Gasteiger partial charge in [0.2, 0.25) is 0 Å². The molecule has 0 N–H and O–H groups in total. The van der Waals surface area contributed by atoms with E-state index in [0.29, 0.717) is 0 Å². The Bertz CT molecular complexity index is 2460. The summed E-state index contributed by atoms with van der Waals surface area (Å²) in [7, 11) is 4.28. The number of hydrogen-bond donors (Lipinski definition) is 0. The number of para-hydroxylation sites is 2. The minimum absolute atomic E-state index is 0.603. The van der Waals surface area contributed by atoms with Gasteiger partial charge >= 0.3 is 294 Å². The van der Waals surface area contributed by atoms with E-state index in [1.807, 2.05) is 0 Å². The van der Waals surface area contributed by atoms with Gasteiger partial charge in [0.1, 0.15) is 0 Å². The first-order valence-corrected chi connectivity index (χ1v) is 19.2. The summed E-state index contributed by atoms with van der Waals surface area (Å²) in [5, 5.41) is 4.69. The van der Waals surface area contributed by atoms with Gasteiger partial charge < -0.3 is 0 Å². The molecule has 3 aliphatic heterocycles. The molecule has 7 heteroatoms. The summed E-state index contributed by atoms with van der Waals surface area (Å²) in [6, 6.07) is 55.6. The Labute approximate surface area is 305 Å². The molecule has 1 aromatic heterocycles. The van der Waals surface area contributed by atoms with Crippen LogP contribution in [0.3, 0.4) is 0 Å². The van der Waals surface area contributed by atoms with E-state index >= 15 is 0 Å². The van der Waals surface area contributed by atoms with Crippen LogP contribution in [0, 0.1) is 12.1 Å². The van der Waals surface area contributed by atoms with Crippen LogP contribution in [0.5, 0.6) is 0 Å². The fraction of sp³-hybridized carbons (Fsp3) is 0.0455. The summed E-state index contributed by atoms with van der Waals surface area (Å²) in [5.74, 6) is 0. The molecule has 250 valence electrons.